The van der Waals surface area contributed by atoms with Crippen molar-refractivity contribution in [3.63, 3.8) is 0 Å². The molecule has 1 heterocycles. The molecule has 0 saturated heterocycles. The molecule has 1 aliphatic rings. The summed E-state index contributed by atoms with van der Waals surface area (Å²) in [7, 11) is 1.54. The number of rotatable bonds is 5. The number of nitrogens with zero attached hydrogens (tertiary/aromatic N) is 1. The number of hydrogen-bond donors (Lipinski definition) is 1. The van der Waals surface area contributed by atoms with Crippen LogP contribution in [-0.4, -0.2) is 25.3 Å². The lowest BCUT2D eigenvalue weighted by atomic mass is 10.1. The molecule has 3 aromatic carbocycles. The molecule has 0 radical (unpaired) electrons. The minimum Gasteiger partial charge on any atom is -0.495 e. The summed E-state index contributed by atoms with van der Waals surface area (Å²) in [4.78, 5) is 28.9. The molecule has 3 aromatic rings. The average Bonchev–Trinajstić information content (AvgIpc) is 2.73. The standard InChI is InChI=1S/C23H19ClN2O3S/c1-14(27)15-7-10-22-19(11-15)26(18-5-3-4-6-21(18)30-22)13-23(28)25-17-12-16(24)8-9-20(17)29-2/h3-12H,13H2,1-2H3,(H,25,28). The number of ether oxygens (including phenoxy) is 1. The molecular formula is C23H19ClN2O3S. The van der Waals surface area contributed by atoms with Crippen LogP contribution in [0.4, 0.5) is 17.1 Å². The van der Waals surface area contributed by atoms with Gasteiger partial charge in [-0.15, -0.1) is 0 Å². The molecule has 4 rings (SSSR count). The van der Waals surface area contributed by atoms with E-state index in [1.54, 1.807) is 30.0 Å². The third kappa shape index (κ3) is 4.01. The molecule has 0 aliphatic carbocycles. The van der Waals surface area contributed by atoms with Crippen molar-refractivity contribution >= 4 is 52.1 Å². The first-order valence-corrected chi connectivity index (χ1v) is 10.5. The van der Waals surface area contributed by atoms with Gasteiger partial charge >= 0.3 is 0 Å². The van der Waals surface area contributed by atoms with Crippen LogP contribution >= 0.6 is 23.4 Å². The summed E-state index contributed by atoms with van der Waals surface area (Å²) in [5.74, 6) is 0.285. The molecule has 1 N–H and O–H groups in total. The monoisotopic (exact) mass is 438 g/mol. The Bertz CT molecular complexity index is 1150. The normalized spacial score (nSPS) is 12.0. The van der Waals surface area contributed by atoms with Gasteiger partial charge in [0.1, 0.15) is 12.3 Å². The van der Waals surface area contributed by atoms with Gasteiger partial charge in [-0.25, -0.2) is 0 Å². The number of nitrogens with one attached hydrogen (secondary N) is 1. The summed E-state index contributed by atoms with van der Waals surface area (Å²) in [5.41, 5.74) is 2.87. The van der Waals surface area contributed by atoms with Gasteiger partial charge in [0, 0.05) is 20.4 Å². The van der Waals surface area contributed by atoms with E-state index in [1.807, 2.05) is 47.4 Å². The van der Waals surface area contributed by atoms with Crippen molar-refractivity contribution in [1.29, 1.82) is 0 Å². The number of Topliss-reactive ketones (excluding diaryl/α,β-unsaturated/α-hetero) is 1. The molecule has 1 aliphatic heterocycles. The minimum atomic E-state index is -0.226. The van der Waals surface area contributed by atoms with Crippen LogP contribution in [0.1, 0.15) is 17.3 Å². The summed E-state index contributed by atoms with van der Waals surface area (Å²) < 4.78 is 5.32. The van der Waals surface area contributed by atoms with E-state index in [9.17, 15) is 9.59 Å². The third-order valence-electron chi connectivity index (χ3n) is 4.77. The number of carbonyl (C=O) groups excluding carboxylic acids is 2. The number of anilines is 3. The Labute approximate surface area is 184 Å². The number of ketones is 1. The number of methoxy groups -OCH3 is 1. The number of fused-ring (bicyclic) bond motifs is 2. The van der Waals surface area contributed by atoms with E-state index in [0.717, 1.165) is 21.2 Å². The van der Waals surface area contributed by atoms with E-state index in [4.69, 9.17) is 16.3 Å². The molecule has 7 heteroatoms. The molecule has 0 unspecified atom stereocenters. The molecule has 0 bridgehead atoms. The highest BCUT2D eigenvalue weighted by Gasteiger charge is 2.26. The lowest BCUT2D eigenvalue weighted by Gasteiger charge is -2.32. The van der Waals surface area contributed by atoms with Gasteiger partial charge in [-0.3, -0.25) is 9.59 Å². The molecule has 5 nitrogen and oxygen atoms in total. The quantitative estimate of drug-likeness (QED) is 0.510. The van der Waals surface area contributed by atoms with Gasteiger partial charge < -0.3 is 15.0 Å². The largest absolute Gasteiger partial charge is 0.495 e. The smallest absolute Gasteiger partial charge is 0.244 e. The Morgan fingerprint density at radius 3 is 2.57 bits per heavy atom. The van der Waals surface area contributed by atoms with Crippen molar-refractivity contribution < 1.29 is 14.3 Å². The van der Waals surface area contributed by atoms with Crippen LogP contribution in [0.3, 0.4) is 0 Å². The predicted molar refractivity (Wildman–Crippen MR) is 121 cm³/mol. The van der Waals surface area contributed by atoms with Gasteiger partial charge in [0.25, 0.3) is 0 Å². The van der Waals surface area contributed by atoms with E-state index >= 15 is 0 Å². The maximum Gasteiger partial charge on any atom is 0.244 e. The zero-order valence-electron chi connectivity index (χ0n) is 16.4. The van der Waals surface area contributed by atoms with Gasteiger partial charge in [-0.2, -0.15) is 0 Å². The average molecular weight is 439 g/mol. The molecule has 0 aromatic heterocycles. The van der Waals surface area contributed by atoms with Crippen LogP contribution in [0.2, 0.25) is 5.02 Å². The first-order valence-electron chi connectivity index (χ1n) is 9.29. The van der Waals surface area contributed by atoms with Crippen LogP contribution in [0, 0.1) is 0 Å². The van der Waals surface area contributed by atoms with Crippen LogP contribution in [0.25, 0.3) is 0 Å². The van der Waals surface area contributed by atoms with Crippen molar-refractivity contribution in [2.45, 2.75) is 16.7 Å². The Kier molecular flexibility index (Phi) is 5.70. The van der Waals surface area contributed by atoms with Crippen molar-refractivity contribution in [2.75, 3.05) is 23.9 Å². The number of hydrogen-bond acceptors (Lipinski definition) is 5. The zero-order chi connectivity index (χ0) is 21.3. The Morgan fingerprint density at radius 1 is 1.03 bits per heavy atom. The predicted octanol–water partition coefficient (Wildman–Crippen LogP) is 5.79. The number of benzene rings is 3. The third-order valence-corrected chi connectivity index (χ3v) is 6.13. The number of halogens is 1. The highest BCUT2D eigenvalue weighted by molar-refractivity contribution is 7.99. The molecule has 0 spiro atoms. The summed E-state index contributed by atoms with van der Waals surface area (Å²) >= 11 is 7.70. The highest BCUT2D eigenvalue weighted by atomic mass is 35.5. The zero-order valence-corrected chi connectivity index (χ0v) is 18.0. The van der Waals surface area contributed by atoms with Crippen molar-refractivity contribution in [2.24, 2.45) is 0 Å². The molecule has 152 valence electrons. The second-order valence-corrected chi connectivity index (χ2v) is 8.31. The van der Waals surface area contributed by atoms with Crippen LogP contribution in [0.15, 0.2) is 70.5 Å². The van der Waals surface area contributed by atoms with E-state index < -0.39 is 0 Å². The summed E-state index contributed by atoms with van der Waals surface area (Å²) in [6, 6.07) is 18.5. The van der Waals surface area contributed by atoms with E-state index in [-0.39, 0.29) is 18.2 Å². The van der Waals surface area contributed by atoms with Gasteiger partial charge in [0.05, 0.1) is 24.2 Å². The van der Waals surface area contributed by atoms with Gasteiger partial charge in [-0.1, -0.05) is 41.6 Å². The molecule has 1 amide bonds. The van der Waals surface area contributed by atoms with E-state index in [1.165, 1.54) is 14.0 Å². The number of para-hydroxylation sites is 1. The first-order chi connectivity index (χ1) is 14.5. The summed E-state index contributed by atoms with van der Waals surface area (Å²) in [5, 5.41) is 3.39. The lowest BCUT2D eigenvalue weighted by molar-refractivity contribution is -0.114. The van der Waals surface area contributed by atoms with Gasteiger partial charge in [-0.05, 0) is 49.4 Å². The maximum absolute atomic E-state index is 13.0. The van der Waals surface area contributed by atoms with E-state index in [0.29, 0.717) is 22.0 Å². The van der Waals surface area contributed by atoms with Gasteiger partial charge in [0.2, 0.25) is 5.91 Å². The number of carbonyl (C=O) groups is 2. The van der Waals surface area contributed by atoms with Gasteiger partial charge in [0.15, 0.2) is 5.78 Å². The molecule has 0 atom stereocenters. The van der Waals surface area contributed by atoms with E-state index in [2.05, 4.69) is 5.32 Å². The second-order valence-electron chi connectivity index (χ2n) is 6.79. The summed E-state index contributed by atoms with van der Waals surface area (Å²) in [6.45, 7) is 1.61. The van der Waals surface area contributed by atoms with Crippen LogP contribution in [0.5, 0.6) is 5.75 Å². The number of amides is 1. The fraction of sp³-hybridized carbons (Fsp3) is 0.130. The minimum absolute atomic E-state index is 0.0188. The Balaban J connectivity index is 1.68. The van der Waals surface area contributed by atoms with Crippen LogP contribution < -0.4 is 15.0 Å². The van der Waals surface area contributed by atoms with Crippen molar-refractivity contribution in [3.05, 3.63) is 71.2 Å². The first kappa shape index (κ1) is 20.3. The molecule has 0 saturated carbocycles. The molecule has 0 fully saturated rings. The molecular weight excluding hydrogens is 420 g/mol. The topological polar surface area (TPSA) is 58.6 Å². The fourth-order valence-corrected chi connectivity index (χ4v) is 4.58. The second kappa shape index (κ2) is 8.42. The summed E-state index contributed by atoms with van der Waals surface area (Å²) in [6.07, 6.45) is 0. The van der Waals surface area contributed by atoms with Crippen molar-refractivity contribution in [1.82, 2.24) is 0 Å². The SMILES string of the molecule is COc1ccc(Cl)cc1NC(=O)CN1c2ccccc2Sc2ccc(C(C)=O)cc21. The Hall–Kier alpha value is -2.96. The fourth-order valence-electron chi connectivity index (χ4n) is 3.33. The Morgan fingerprint density at radius 2 is 1.80 bits per heavy atom. The lowest BCUT2D eigenvalue weighted by Crippen LogP contribution is -2.31. The highest BCUT2D eigenvalue weighted by Crippen LogP contribution is 2.48. The van der Waals surface area contributed by atoms with Crippen molar-refractivity contribution in [3.8, 4) is 5.75 Å². The van der Waals surface area contributed by atoms with Crippen LogP contribution in [-0.2, 0) is 4.79 Å². The molecule has 30 heavy (non-hydrogen) atoms. The maximum atomic E-state index is 13.0.